The first-order valence-corrected chi connectivity index (χ1v) is 9.21. The van der Waals surface area contributed by atoms with E-state index in [1.165, 1.54) is 25.9 Å². The van der Waals surface area contributed by atoms with Crippen molar-refractivity contribution in [3.05, 3.63) is 18.2 Å². The molecular formula is C19H30BNO4. The number of nitrogens with zero attached hydrogens (tertiary/aromatic N) is 1. The van der Waals surface area contributed by atoms with Crippen LogP contribution in [0.3, 0.4) is 0 Å². The first kappa shape index (κ1) is 18.6. The Labute approximate surface area is 151 Å². The highest BCUT2D eigenvalue weighted by atomic mass is 16.7. The van der Waals surface area contributed by atoms with Crippen LogP contribution in [0, 0.1) is 0 Å². The van der Waals surface area contributed by atoms with Gasteiger partial charge in [-0.1, -0.05) is 6.07 Å². The van der Waals surface area contributed by atoms with Gasteiger partial charge in [0.2, 0.25) is 0 Å². The Hall–Kier alpha value is -1.24. The van der Waals surface area contributed by atoms with Gasteiger partial charge in [-0.2, -0.15) is 0 Å². The van der Waals surface area contributed by atoms with Gasteiger partial charge in [0.25, 0.3) is 0 Å². The summed E-state index contributed by atoms with van der Waals surface area (Å²) in [5.41, 5.74) is 0.244. The molecule has 2 saturated heterocycles. The second-order valence-corrected chi connectivity index (χ2v) is 7.90. The SMILES string of the molecule is COc1cc(B2OC(C)(C)C(C)(C)O2)ccc1OCCN1CCCC1. The van der Waals surface area contributed by atoms with E-state index in [4.69, 9.17) is 18.8 Å². The Bertz CT molecular complexity index is 583. The maximum Gasteiger partial charge on any atom is 0.494 e. The van der Waals surface area contributed by atoms with Crippen LogP contribution in [0.1, 0.15) is 40.5 Å². The van der Waals surface area contributed by atoms with Crippen LogP contribution in [-0.4, -0.2) is 56.6 Å². The molecule has 6 heteroatoms. The molecule has 0 atom stereocenters. The Kier molecular flexibility index (Phi) is 5.33. The predicted octanol–water partition coefficient (Wildman–Crippen LogP) is 2.47. The highest BCUT2D eigenvalue weighted by molar-refractivity contribution is 6.62. The summed E-state index contributed by atoms with van der Waals surface area (Å²) in [6.07, 6.45) is 2.60. The topological polar surface area (TPSA) is 40.2 Å². The van der Waals surface area contributed by atoms with Gasteiger partial charge in [0, 0.05) is 6.54 Å². The largest absolute Gasteiger partial charge is 0.494 e. The number of hydrogen-bond donors (Lipinski definition) is 0. The Morgan fingerprint density at radius 1 is 1.04 bits per heavy atom. The molecule has 0 amide bonds. The second kappa shape index (κ2) is 7.18. The molecule has 25 heavy (non-hydrogen) atoms. The number of methoxy groups -OCH3 is 1. The lowest BCUT2D eigenvalue weighted by Crippen LogP contribution is -2.41. The van der Waals surface area contributed by atoms with Gasteiger partial charge in [0.1, 0.15) is 6.61 Å². The van der Waals surface area contributed by atoms with Gasteiger partial charge in [0.15, 0.2) is 11.5 Å². The molecular weight excluding hydrogens is 317 g/mol. The van der Waals surface area contributed by atoms with Gasteiger partial charge in [-0.05, 0) is 71.2 Å². The quantitative estimate of drug-likeness (QED) is 0.740. The molecule has 2 heterocycles. The van der Waals surface area contributed by atoms with Crippen molar-refractivity contribution < 1.29 is 18.8 Å². The molecule has 3 rings (SSSR count). The molecule has 0 spiro atoms. The molecule has 0 N–H and O–H groups in total. The summed E-state index contributed by atoms with van der Waals surface area (Å²) in [5.74, 6) is 1.48. The summed E-state index contributed by atoms with van der Waals surface area (Å²) >= 11 is 0. The lowest BCUT2D eigenvalue weighted by atomic mass is 9.79. The molecule has 0 saturated carbocycles. The van der Waals surface area contributed by atoms with Crippen molar-refractivity contribution in [2.75, 3.05) is 33.4 Å². The molecule has 1 aromatic carbocycles. The molecule has 2 aliphatic rings. The Balaban J connectivity index is 1.65. The van der Waals surface area contributed by atoms with E-state index in [0.717, 1.165) is 17.8 Å². The third-order valence-electron chi connectivity index (χ3n) is 5.58. The molecule has 1 aromatic rings. The second-order valence-electron chi connectivity index (χ2n) is 7.90. The van der Waals surface area contributed by atoms with E-state index in [1.807, 2.05) is 18.2 Å². The van der Waals surface area contributed by atoms with Crippen LogP contribution in [0.2, 0.25) is 0 Å². The van der Waals surface area contributed by atoms with E-state index < -0.39 is 7.12 Å². The zero-order chi connectivity index (χ0) is 18.1. The van der Waals surface area contributed by atoms with Gasteiger partial charge in [0.05, 0.1) is 18.3 Å². The van der Waals surface area contributed by atoms with Gasteiger partial charge in [-0.3, -0.25) is 4.90 Å². The van der Waals surface area contributed by atoms with Crippen molar-refractivity contribution >= 4 is 12.6 Å². The van der Waals surface area contributed by atoms with Crippen LogP contribution in [-0.2, 0) is 9.31 Å². The number of likely N-dealkylation sites (tertiary alicyclic amines) is 1. The minimum Gasteiger partial charge on any atom is -0.493 e. The molecule has 2 fully saturated rings. The fourth-order valence-corrected chi connectivity index (χ4v) is 3.22. The van der Waals surface area contributed by atoms with E-state index in [0.29, 0.717) is 12.4 Å². The van der Waals surface area contributed by atoms with Crippen molar-refractivity contribution in [3.8, 4) is 11.5 Å². The highest BCUT2D eigenvalue weighted by Gasteiger charge is 2.51. The van der Waals surface area contributed by atoms with Crippen molar-refractivity contribution in [3.63, 3.8) is 0 Å². The summed E-state index contributed by atoms with van der Waals surface area (Å²) in [6, 6.07) is 5.90. The van der Waals surface area contributed by atoms with E-state index >= 15 is 0 Å². The molecule has 0 aromatic heterocycles. The summed E-state index contributed by atoms with van der Waals surface area (Å²) < 4.78 is 23.7. The smallest absolute Gasteiger partial charge is 0.493 e. The van der Waals surface area contributed by atoms with Crippen LogP contribution in [0.5, 0.6) is 11.5 Å². The zero-order valence-corrected chi connectivity index (χ0v) is 16.1. The van der Waals surface area contributed by atoms with Crippen LogP contribution >= 0.6 is 0 Å². The standard InChI is InChI=1S/C19H30BNO4/c1-18(2)19(3,4)25-20(24-18)15-8-9-16(17(14-15)22-5)23-13-12-21-10-6-7-11-21/h8-9,14H,6-7,10-13H2,1-5H3. The maximum absolute atomic E-state index is 6.11. The summed E-state index contributed by atoms with van der Waals surface area (Å²) in [4.78, 5) is 2.44. The van der Waals surface area contributed by atoms with Crippen LogP contribution in [0.15, 0.2) is 18.2 Å². The molecule has 0 radical (unpaired) electrons. The van der Waals surface area contributed by atoms with Crippen LogP contribution in [0.4, 0.5) is 0 Å². The number of hydrogen-bond acceptors (Lipinski definition) is 5. The molecule has 0 unspecified atom stereocenters. The van der Waals surface area contributed by atoms with Crippen molar-refractivity contribution in [2.24, 2.45) is 0 Å². The number of rotatable bonds is 6. The van der Waals surface area contributed by atoms with Crippen molar-refractivity contribution in [2.45, 2.75) is 51.7 Å². The predicted molar refractivity (Wildman–Crippen MR) is 99.9 cm³/mol. The fourth-order valence-electron chi connectivity index (χ4n) is 3.22. The van der Waals surface area contributed by atoms with Gasteiger partial charge < -0.3 is 18.8 Å². The fraction of sp³-hybridized carbons (Fsp3) is 0.684. The van der Waals surface area contributed by atoms with E-state index in [9.17, 15) is 0 Å². The first-order chi connectivity index (χ1) is 11.8. The van der Waals surface area contributed by atoms with Crippen molar-refractivity contribution in [1.29, 1.82) is 0 Å². The molecule has 2 aliphatic heterocycles. The minimum atomic E-state index is -0.391. The van der Waals surface area contributed by atoms with Crippen molar-refractivity contribution in [1.82, 2.24) is 4.90 Å². The Morgan fingerprint density at radius 2 is 1.68 bits per heavy atom. The Morgan fingerprint density at radius 3 is 2.28 bits per heavy atom. The lowest BCUT2D eigenvalue weighted by Gasteiger charge is -2.32. The summed E-state index contributed by atoms with van der Waals surface area (Å²) in [6.45, 7) is 12.2. The zero-order valence-electron chi connectivity index (χ0n) is 16.1. The highest BCUT2D eigenvalue weighted by Crippen LogP contribution is 2.37. The van der Waals surface area contributed by atoms with Gasteiger partial charge >= 0.3 is 7.12 Å². The first-order valence-electron chi connectivity index (χ1n) is 9.21. The van der Waals surface area contributed by atoms with Gasteiger partial charge in [-0.25, -0.2) is 0 Å². The minimum absolute atomic E-state index is 0.351. The molecule has 0 aliphatic carbocycles. The number of benzene rings is 1. The summed E-state index contributed by atoms with van der Waals surface area (Å²) in [5, 5.41) is 0. The van der Waals surface area contributed by atoms with E-state index in [1.54, 1.807) is 7.11 Å². The molecule has 5 nitrogen and oxygen atoms in total. The third kappa shape index (κ3) is 3.96. The average molecular weight is 347 g/mol. The number of ether oxygens (including phenoxy) is 2. The van der Waals surface area contributed by atoms with E-state index in [2.05, 4.69) is 32.6 Å². The van der Waals surface area contributed by atoms with Crippen LogP contribution in [0.25, 0.3) is 0 Å². The lowest BCUT2D eigenvalue weighted by molar-refractivity contribution is 0.00578. The van der Waals surface area contributed by atoms with E-state index in [-0.39, 0.29) is 11.2 Å². The summed E-state index contributed by atoms with van der Waals surface area (Å²) in [7, 11) is 1.27. The van der Waals surface area contributed by atoms with Gasteiger partial charge in [-0.15, -0.1) is 0 Å². The monoisotopic (exact) mass is 347 g/mol. The maximum atomic E-state index is 6.11. The van der Waals surface area contributed by atoms with Crippen LogP contribution < -0.4 is 14.9 Å². The average Bonchev–Trinajstić information content (AvgIpc) is 3.14. The molecule has 138 valence electrons. The third-order valence-corrected chi connectivity index (χ3v) is 5.58. The molecule has 0 bridgehead atoms. The normalized spacial score (nSPS) is 22.4.